The van der Waals surface area contributed by atoms with E-state index in [1.54, 1.807) is 16.0 Å². The molecule has 0 aliphatic heterocycles. The van der Waals surface area contributed by atoms with Crippen LogP contribution in [0.3, 0.4) is 0 Å². The average molecular weight is 319 g/mol. The molecular weight excluding hydrogens is 304 g/mol. The fourth-order valence-electron chi connectivity index (χ4n) is 2.24. The highest BCUT2D eigenvalue weighted by Gasteiger charge is 2.09. The Kier molecular flexibility index (Phi) is 4.31. The predicted octanol–water partition coefficient (Wildman–Crippen LogP) is 3.98. The van der Waals surface area contributed by atoms with Crippen LogP contribution in [0.2, 0.25) is 0 Å². The Morgan fingerprint density at radius 1 is 1.23 bits per heavy atom. The fourth-order valence-corrected chi connectivity index (χ4v) is 2.89. The van der Waals surface area contributed by atoms with Gasteiger partial charge in [0, 0.05) is 35.3 Å². The number of benzene rings is 1. The minimum atomic E-state index is -0.559. The van der Waals surface area contributed by atoms with Crippen LogP contribution in [0.5, 0.6) is 0 Å². The lowest BCUT2D eigenvalue weighted by Crippen LogP contribution is -2.22. The first-order valence-electron chi connectivity index (χ1n) is 6.80. The standard InChI is InChI=1S/C16H15F2N3S/c1-20(9-12-2-3-14(17)8-15(12)18)11-21-6-4-16(19-21)13-5-7-22-10-13/h2-8,10H,9,11H2,1H3. The van der Waals surface area contributed by atoms with Gasteiger partial charge in [-0.1, -0.05) is 6.07 Å². The van der Waals surface area contributed by atoms with Gasteiger partial charge in [0.05, 0.1) is 12.4 Å². The van der Waals surface area contributed by atoms with Gasteiger partial charge in [-0.15, -0.1) is 0 Å². The zero-order valence-electron chi connectivity index (χ0n) is 12.0. The van der Waals surface area contributed by atoms with Crippen molar-refractivity contribution in [3.8, 4) is 11.3 Å². The van der Waals surface area contributed by atoms with Crippen LogP contribution in [0.15, 0.2) is 47.3 Å². The summed E-state index contributed by atoms with van der Waals surface area (Å²) in [7, 11) is 1.87. The second-order valence-electron chi connectivity index (χ2n) is 5.14. The smallest absolute Gasteiger partial charge is 0.130 e. The lowest BCUT2D eigenvalue weighted by Gasteiger charge is -2.17. The van der Waals surface area contributed by atoms with Crippen LogP contribution in [0.25, 0.3) is 11.3 Å². The Morgan fingerprint density at radius 3 is 2.82 bits per heavy atom. The highest BCUT2D eigenvalue weighted by molar-refractivity contribution is 7.08. The summed E-state index contributed by atoms with van der Waals surface area (Å²) in [6.07, 6.45) is 1.89. The van der Waals surface area contributed by atoms with Crippen molar-refractivity contribution < 1.29 is 8.78 Å². The van der Waals surface area contributed by atoms with Crippen molar-refractivity contribution in [3.05, 3.63) is 64.5 Å². The summed E-state index contributed by atoms with van der Waals surface area (Å²) < 4.78 is 28.4. The summed E-state index contributed by atoms with van der Waals surface area (Å²) in [5, 5.41) is 8.56. The third-order valence-electron chi connectivity index (χ3n) is 3.30. The van der Waals surface area contributed by atoms with E-state index in [4.69, 9.17) is 0 Å². The SMILES string of the molecule is CN(Cc1ccc(F)cc1F)Cn1ccc(-c2ccsc2)n1. The van der Waals surface area contributed by atoms with Gasteiger partial charge in [0.1, 0.15) is 11.6 Å². The van der Waals surface area contributed by atoms with Crippen LogP contribution < -0.4 is 0 Å². The first-order chi connectivity index (χ1) is 10.6. The van der Waals surface area contributed by atoms with Gasteiger partial charge in [-0.2, -0.15) is 16.4 Å². The van der Waals surface area contributed by atoms with Crippen LogP contribution in [0, 0.1) is 11.6 Å². The molecule has 0 aliphatic carbocycles. The van der Waals surface area contributed by atoms with Gasteiger partial charge in [0.25, 0.3) is 0 Å². The molecule has 2 heterocycles. The first kappa shape index (κ1) is 14.9. The van der Waals surface area contributed by atoms with Crippen molar-refractivity contribution in [2.75, 3.05) is 7.05 Å². The zero-order chi connectivity index (χ0) is 15.5. The maximum absolute atomic E-state index is 13.7. The Hall–Kier alpha value is -2.05. The molecule has 0 fully saturated rings. The molecule has 3 nitrogen and oxygen atoms in total. The van der Waals surface area contributed by atoms with Crippen LogP contribution in [-0.2, 0) is 13.2 Å². The molecule has 2 aromatic heterocycles. The predicted molar refractivity (Wildman–Crippen MR) is 83.4 cm³/mol. The summed E-state index contributed by atoms with van der Waals surface area (Å²) in [4.78, 5) is 1.92. The molecule has 0 N–H and O–H groups in total. The lowest BCUT2D eigenvalue weighted by atomic mass is 10.2. The monoisotopic (exact) mass is 319 g/mol. The van der Waals surface area contributed by atoms with Crippen LogP contribution in [0.1, 0.15) is 5.56 Å². The molecular formula is C16H15F2N3S. The van der Waals surface area contributed by atoms with E-state index in [-0.39, 0.29) is 0 Å². The summed E-state index contributed by atoms with van der Waals surface area (Å²) in [6.45, 7) is 0.917. The van der Waals surface area contributed by atoms with Gasteiger partial charge in [0.15, 0.2) is 0 Å². The highest BCUT2D eigenvalue weighted by Crippen LogP contribution is 2.20. The van der Waals surface area contributed by atoms with Crippen molar-refractivity contribution in [1.82, 2.24) is 14.7 Å². The minimum Gasteiger partial charge on any atom is -0.283 e. The van der Waals surface area contributed by atoms with Crippen molar-refractivity contribution >= 4 is 11.3 Å². The molecule has 3 rings (SSSR count). The van der Waals surface area contributed by atoms with Gasteiger partial charge in [-0.05, 0) is 30.6 Å². The molecule has 0 bridgehead atoms. The maximum atomic E-state index is 13.7. The van der Waals surface area contributed by atoms with Crippen molar-refractivity contribution in [1.29, 1.82) is 0 Å². The van der Waals surface area contributed by atoms with Crippen molar-refractivity contribution in [2.24, 2.45) is 0 Å². The van der Waals surface area contributed by atoms with Crippen molar-refractivity contribution in [2.45, 2.75) is 13.2 Å². The molecule has 1 aromatic carbocycles. The normalized spacial score (nSPS) is 11.3. The summed E-state index contributed by atoms with van der Waals surface area (Å²) in [6, 6.07) is 7.63. The summed E-state index contributed by atoms with van der Waals surface area (Å²) in [5.74, 6) is -1.08. The molecule has 0 saturated heterocycles. The second-order valence-corrected chi connectivity index (χ2v) is 5.92. The van der Waals surface area contributed by atoms with E-state index in [9.17, 15) is 8.78 Å². The van der Waals surface area contributed by atoms with E-state index < -0.39 is 11.6 Å². The van der Waals surface area contributed by atoms with E-state index in [2.05, 4.69) is 5.10 Å². The molecule has 0 radical (unpaired) electrons. The molecule has 0 aliphatic rings. The molecule has 0 unspecified atom stereocenters. The molecule has 0 atom stereocenters. The third kappa shape index (κ3) is 3.40. The van der Waals surface area contributed by atoms with Gasteiger partial charge in [-0.3, -0.25) is 9.58 Å². The Balaban J connectivity index is 1.65. The number of thiophene rings is 1. The van der Waals surface area contributed by atoms with Gasteiger partial charge in [0.2, 0.25) is 0 Å². The number of hydrogen-bond acceptors (Lipinski definition) is 3. The third-order valence-corrected chi connectivity index (χ3v) is 3.98. The zero-order valence-corrected chi connectivity index (χ0v) is 12.9. The number of rotatable bonds is 5. The van der Waals surface area contributed by atoms with Crippen LogP contribution >= 0.6 is 11.3 Å². The van der Waals surface area contributed by atoms with Crippen LogP contribution in [0.4, 0.5) is 8.78 Å². The molecule has 6 heteroatoms. The minimum absolute atomic E-state index is 0.389. The van der Waals surface area contributed by atoms with Gasteiger partial charge in [-0.25, -0.2) is 8.78 Å². The average Bonchev–Trinajstić information content (AvgIpc) is 3.12. The number of aromatic nitrogens is 2. The van der Waals surface area contributed by atoms with Crippen molar-refractivity contribution in [3.63, 3.8) is 0 Å². The van der Waals surface area contributed by atoms with Crippen LogP contribution in [-0.4, -0.2) is 21.7 Å². The molecule has 114 valence electrons. The van der Waals surface area contributed by atoms with E-state index in [1.807, 2.05) is 41.0 Å². The fraction of sp³-hybridized carbons (Fsp3) is 0.188. The summed E-state index contributed by atoms with van der Waals surface area (Å²) in [5.41, 5.74) is 2.48. The Morgan fingerprint density at radius 2 is 2.09 bits per heavy atom. The molecule has 0 spiro atoms. The second kappa shape index (κ2) is 6.37. The Bertz CT molecular complexity index is 753. The number of nitrogens with zero attached hydrogens (tertiary/aromatic N) is 3. The summed E-state index contributed by atoms with van der Waals surface area (Å²) >= 11 is 1.63. The quantitative estimate of drug-likeness (QED) is 0.709. The molecule has 22 heavy (non-hydrogen) atoms. The van der Waals surface area contributed by atoms with E-state index >= 15 is 0 Å². The number of halogens is 2. The van der Waals surface area contributed by atoms with E-state index in [0.29, 0.717) is 18.8 Å². The van der Waals surface area contributed by atoms with Gasteiger partial charge < -0.3 is 0 Å². The molecule has 0 saturated carbocycles. The maximum Gasteiger partial charge on any atom is 0.130 e. The number of hydrogen-bond donors (Lipinski definition) is 0. The topological polar surface area (TPSA) is 21.1 Å². The first-order valence-corrected chi connectivity index (χ1v) is 7.74. The molecule has 0 amide bonds. The Labute approximate surface area is 131 Å². The van der Waals surface area contributed by atoms with E-state index in [0.717, 1.165) is 17.3 Å². The molecule has 3 aromatic rings. The largest absolute Gasteiger partial charge is 0.283 e. The van der Waals surface area contributed by atoms with Gasteiger partial charge >= 0.3 is 0 Å². The lowest BCUT2D eigenvalue weighted by molar-refractivity contribution is 0.243. The highest BCUT2D eigenvalue weighted by atomic mass is 32.1. The van der Waals surface area contributed by atoms with E-state index in [1.165, 1.54) is 12.1 Å².